The summed E-state index contributed by atoms with van der Waals surface area (Å²) in [5, 5.41) is 3.36. The smallest absolute Gasteiger partial charge is 0.122 e. The SMILES string of the molecule is CNC(c1ccc(C)c(OC)c1)c1ccc(OC)cc1Br. The molecule has 0 aromatic heterocycles. The summed E-state index contributed by atoms with van der Waals surface area (Å²) < 4.78 is 11.7. The number of halogens is 1. The Bertz CT molecular complexity index is 628. The number of nitrogens with one attached hydrogen (secondary N) is 1. The van der Waals surface area contributed by atoms with E-state index in [1.54, 1.807) is 14.2 Å². The van der Waals surface area contributed by atoms with Crippen molar-refractivity contribution in [2.75, 3.05) is 21.3 Å². The molecule has 3 nitrogen and oxygen atoms in total. The molecule has 0 fully saturated rings. The minimum Gasteiger partial charge on any atom is -0.497 e. The van der Waals surface area contributed by atoms with Crippen LogP contribution in [0, 0.1) is 6.92 Å². The van der Waals surface area contributed by atoms with Gasteiger partial charge in [0.1, 0.15) is 11.5 Å². The van der Waals surface area contributed by atoms with E-state index >= 15 is 0 Å². The largest absolute Gasteiger partial charge is 0.497 e. The normalized spacial score (nSPS) is 12.0. The van der Waals surface area contributed by atoms with Gasteiger partial charge in [0.15, 0.2) is 0 Å². The maximum absolute atomic E-state index is 5.42. The highest BCUT2D eigenvalue weighted by atomic mass is 79.9. The Morgan fingerprint density at radius 3 is 2.38 bits per heavy atom. The van der Waals surface area contributed by atoms with Crippen LogP contribution < -0.4 is 14.8 Å². The predicted molar refractivity (Wildman–Crippen MR) is 89.3 cm³/mol. The van der Waals surface area contributed by atoms with Gasteiger partial charge in [-0.05, 0) is 48.9 Å². The van der Waals surface area contributed by atoms with Crippen LogP contribution in [-0.2, 0) is 0 Å². The van der Waals surface area contributed by atoms with E-state index in [0.717, 1.165) is 32.7 Å². The van der Waals surface area contributed by atoms with Crippen LogP contribution in [0.15, 0.2) is 40.9 Å². The quantitative estimate of drug-likeness (QED) is 0.881. The van der Waals surface area contributed by atoms with Crippen LogP contribution in [0.1, 0.15) is 22.7 Å². The van der Waals surface area contributed by atoms with Crippen molar-refractivity contribution < 1.29 is 9.47 Å². The highest BCUT2D eigenvalue weighted by Crippen LogP contribution is 2.33. The van der Waals surface area contributed by atoms with Gasteiger partial charge in [-0.25, -0.2) is 0 Å². The summed E-state index contributed by atoms with van der Waals surface area (Å²) in [6.45, 7) is 2.04. The van der Waals surface area contributed by atoms with Gasteiger partial charge >= 0.3 is 0 Å². The van der Waals surface area contributed by atoms with E-state index in [1.807, 2.05) is 26.1 Å². The Labute approximate surface area is 134 Å². The molecule has 21 heavy (non-hydrogen) atoms. The first-order valence-corrected chi connectivity index (χ1v) is 7.55. The Kier molecular flexibility index (Phi) is 5.26. The molecule has 0 heterocycles. The van der Waals surface area contributed by atoms with Crippen molar-refractivity contribution in [2.24, 2.45) is 0 Å². The van der Waals surface area contributed by atoms with Gasteiger partial charge < -0.3 is 14.8 Å². The van der Waals surface area contributed by atoms with Crippen molar-refractivity contribution in [3.05, 3.63) is 57.6 Å². The first-order chi connectivity index (χ1) is 10.1. The molecule has 2 aromatic carbocycles. The molecule has 0 spiro atoms. The minimum atomic E-state index is 0.0831. The lowest BCUT2D eigenvalue weighted by Gasteiger charge is -2.20. The molecule has 0 amide bonds. The van der Waals surface area contributed by atoms with Gasteiger partial charge in [-0.1, -0.05) is 34.1 Å². The topological polar surface area (TPSA) is 30.5 Å². The summed E-state index contributed by atoms with van der Waals surface area (Å²) >= 11 is 3.63. The lowest BCUT2D eigenvalue weighted by atomic mass is 9.97. The zero-order valence-corrected chi connectivity index (χ0v) is 14.3. The van der Waals surface area contributed by atoms with Crippen LogP contribution in [0.25, 0.3) is 0 Å². The summed E-state index contributed by atoms with van der Waals surface area (Å²) in [4.78, 5) is 0. The highest BCUT2D eigenvalue weighted by molar-refractivity contribution is 9.10. The number of ether oxygens (including phenoxy) is 2. The molecule has 2 aromatic rings. The van der Waals surface area contributed by atoms with Gasteiger partial charge in [-0.2, -0.15) is 0 Å². The van der Waals surface area contributed by atoms with E-state index in [-0.39, 0.29) is 6.04 Å². The Balaban J connectivity index is 2.44. The molecular formula is C17H20BrNO2. The van der Waals surface area contributed by atoms with Gasteiger partial charge in [0, 0.05) is 4.47 Å². The van der Waals surface area contributed by atoms with E-state index in [1.165, 1.54) is 0 Å². The van der Waals surface area contributed by atoms with Crippen LogP contribution in [0.4, 0.5) is 0 Å². The summed E-state index contributed by atoms with van der Waals surface area (Å²) in [7, 11) is 5.32. The molecule has 0 aliphatic carbocycles. The molecule has 0 bridgehead atoms. The second kappa shape index (κ2) is 6.96. The number of hydrogen-bond donors (Lipinski definition) is 1. The number of aryl methyl sites for hydroxylation is 1. The van der Waals surface area contributed by atoms with E-state index in [2.05, 4.69) is 45.5 Å². The molecule has 0 aliphatic rings. The van der Waals surface area contributed by atoms with E-state index in [9.17, 15) is 0 Å². The first kappa shape index (κ1) is 15.9. The lowest BCUT2D eigenvalue weighted by molar-refractivity contribution is 0.410. The average molecular weight is 350 g/mol. The van der Waals surface area contributed by atoms with Crippen molar-refractivity contribution in [1.29, 1.82) is 0 Å². The van der Waals surface area contributed by atoms with E-state index < -0.39 is 0 Å². The predicted octanol–water partition coefficient (Wildman–Crippen LogP) is 4.08. The maximum atomic E-state index is 5.42. The Morgan fingerprint density at radius 1 is 1.05 bits per heavy atom. The minimum absolute atomic E-state index is 0.0831. The van der Waals surface area contributed by atoms with E-state index in [4.69, 9.17) is 9.47 Å². The standard InChI is InChI=1S/C17H20BrNO2/c1-11-5-6-12(9-16(11)21-4)17(19-2)14-8-7-13(20-3)10-15(14)18/h5-10,17,19H,1-4H3. The summed E-state index contributed by atoms with van der Waals surface area (Å²) in [5.41, 5.74) is 3.44. The molecule has 0 saturated heterocycles. The number of benzene rings is 2. The fourth-order valence-electron chi connectivity index (χ4n) is 2.39. The molecule has 112 valence electrons. The van der Waals surface area contributed by atoms with Crippen molar-refractivity contribution >= 4 is 15.9 Å². The van der Waals surface area contributed by atoms with E-state index in [0.29, 0.717) is 0 Å². The Hall–Kier alpha value is -1.52. The molecule has 0 aliphatic heterocycles. The van der Waals surface area contributed by atoms with Crippen LogP contribution in [0.2, 0.25) is 0 Å². The molecule has 1 unspecified atom stereocenters. The van der Waals surface area contributed by atoms with Gasteiger partial charge in [-0.15, -0.1) is 0 Å². The third-order valence-electron chi connectivity index (χ3n) is 3.57. The Morgan fingerprint density at radius 2 is 1.81 bits per heavy atom. The van der Waals surface area contributed by atoms with Gasteiger partial charge in [0.05, 0.1) is 20.3 Å². The lowest BCUT2D eigenvalue weighted by Crippen LogP contribution is -2.18. The molecule has 2 rings (SSSR count). The van der Waals surface area contributed by atoms with Crippen LogP contribution in [0.3, 0.4) is 0 Å². The molecule has 4 heteroatoms. The van der Waals surface area contributed by atoms with Crippen molar-refractivity contribution in [2.45, 2.75) is 13.0 Å². The average Bonchev–Trinajstić information content (AvgIpc) is 2.50. The molecule has 0 radical (unpaired) electrons. The number of rotatable bonds is 5. The molecule has 1 atom stereocenters. The molecule has 1 N–H and O–H groups in total. The van der Waals surface area contributed by atoms with Gasteiger partial charge in [0.2, 0.25) is 0 Å². The molecular weight excluding hydrogens is 330 g/mol. The van der Waals surface area contributed by atoms with Crippen molar-refractivity contribution in [3.8, 4) is 11.5 Å². The fraction of sp³-hybridized carbons (Fsp3) is 0.294. The maximum Gasteiger partial charge on any atom is 0.122 e. The van der Waals surface area contributed by atoms with Gasteiger partial charge in [0.25, 0.3) is 0 Å². The summed E-state index contributed by atoms with van der Waals surface area (Å²) in [6, 6.07) is 12.4. The fourth-order valence-corrected chi connectivity index (χ4v) is 2.97. The van der Waals surface area contributed by atoms with Crippen LogP contribution >= 0.6 is 15.9 Å². The van der Waals surface area contributed by atoms with Crippen molar-refractivity contribution in [1.82, 2.24) is 5.32 Å². The second-order valence-corrected chi connectivity index (χ2v) is 5.69. The monoisotopic (exact) mass is 349 g/mol. The third kappa shape index (κ3) is 3.39. The summed E-state index contributed by atoms with van der Waals surface area (Å²) in [6.07, 6.45) is 0. The van der Waals surface area contributed by atoms with Crippen LogP contribution in [0.5, 0.6) is 11.5 Å². The molecule has 0 saturated carbocycles. The third-order valence-corrected chi connectivity index (χ3v) is 4.26. The number of methoxy groups -OCH3 is 2. The summed E-state index contributed by atoms with van der Waals surface area (Å²) in [5.74, 6) is 1.74. The highest BCUT2D eigenvalue weighted by Gasteiger charge is 2.16. The van der Waals surface area contributed by atoms with Gasteiger partial charge in [-0.3, -0.25) is 0 Å². The zero-order chi connectivity index (χ0) is 15.4. The second-order valence-electron chi connectivity index (χ2n) is 4.84. The van der Waals surface area contributed by atoms with Crippen molar-refractivity contribution in [3.63, 3.8) is 0 Å². The number of hydrogen-bond acceptors (Lipinski definition) is 3. The van der Waals surface area contributed by atoms with Crippen LogP contribution in [-0.4, -0.2) is 21.3 Å². The zero-order valence-electron chi connectivity index (χ0n) is 12.7. The first-order valence-electron chi connectivity index (χ1n) is 6.76.